The van der Waals surface area contributed by atoms with E-state index in [1.807, 2.05) is 49.4 Å². The highest BCUT2D eigenvalue weighted by molar-refractivity contribution is 6.61. The minimum atomic E-state index is -0.443. The van der Waals surface area contributed by atoms with Crippen molar-refractivity contribution in [1.29, 1.82) is 0 Å². The Kier molecular flexibility index (Phi) is 5.61. The summed E-state index contributed by atoms with van der Waals surface area (Å²) in [6.07, 6.45) is 0. The third-order valence-electron chi connectivity index (χ3n) is 4.15. The zero-order chi connectivity index (χ0) is 16.9. The summed E-state index contributed by atoms with van der Waals surface area (Å²) in [7, 11) is 2.05. The van der Waals surface area contributed by atoms with Crippen LogP contribution in [0.15, 0.2) is 54.6 Å². The summed E-state index contributed by atoms with van der Waals surface area (Å²) in [4.78, 5) is 12.9. The van der Waals surface area contributed by atoms with E-state index >= 15 is 0 Å². The molecule has 0 saturated carbocycles. The molecule has 0 bridgehead atoms. The number of hydrogen-bond acceptors (Lipinski definition) is 2. The Bertz CT molecular complexity index is 640. The van der Waals surface area contributed by atoms with Crippen LogP contribution in [0.5, 0.6) is 5.75 Å². The molecule has 0 heterocycles. The molecule has 0 saturated heterocycles. The number of anilines is 1. The fourth-order valence-corrected chi connectivity index (χ4v) is 3.64. The van der Waals surface area contributed by atoms with Gasteiger partial charge in [-0.05, 0) is 30.2 Å². The molecular weight excluding hydrogens is 302 g/mol. The van der Waals surface area contributed by atoms with E-state index in [0.29, 0.717) is 9.52 Å². The molecule has 0 aliphatic carbocycles. The van der Waals surface area contributed by atoms with Crippen LogP contribution in [0.3, 0.4) is 0 Å². The molecular formula is C19H23NO2Si. The van der Waals surface area contributed by atoms with Gasteiger partial charge >= 0.3 is 0 Å². The molecule has 0 spiro atoms. The minimum absolute atomic E-state index is 0.0554. The average molecular weight is 325 g/mol. The van der Waals surface area contributed by atoms with Crippen molar-refractivity contribution in [3.63, 3.8) is 0 Å². The van der Waals surface area contributed by atoms with Crippen molar-refractivity contribution in [2.45, 2.75) is 25.8 Å². The van der Waals surface area contributed by atoms with Crippen LogP contribution in [0.25, 0.3) is 0 Å². The molecule has 2 aromatic carbocycles. The van der Waals surface area contributed by atoms with Gasteiger partial charge in [-0.25, -0.2) is 0 Å². The Morgan fingerprint density at radius 1 is 1.09 bits per heavy atom. The first-order valence-corrected chi connectivity index (χ1v) is 8.74. The van der Waals surface area contributed by atoms with E-state index in [-0.39, 0.29) is 11.8 Å². The van der Waals surface area contributed by atoms with Crippen LogP contribution in [-0.2, 0) is 4.79 Å². The molecule has 23 heavy (non-hydrogen) atoms. The van der Waals surface area contributed by atoms with Crippen molar-refractivity contribution in [3.05, 3.63) is 54.6 Å². The maximum Gasteiger partial charge on any atom is 0.227 e. The van der Waals surface area contributed by atoms with Crippen LogP contribution in [0.4, 0.5) is 5.69 Å². The Labute approximate surface area is 140 Å². The van der Waals surface area contributed by atoms with Gasteiger partial charge in [0, 0.05) is 10.7 Å². The molecule has 1 unspecified atom stereocenters. The van der Waals surface area contributed by atoms with Gasteiger partial charge in [0.15, 0.2) is 0 Å². The van der Waals surface area contributed by atoms with Crippen molar-refractivity contribution >= 4 is 26.3 Å². The SMILES string of the molecule is COc1ccc(NC(=O)C(C)([Si]c2ccccc2)C(C)C)cc1. The van der Waals surface area contributed by atoms with E-state index in [9.17, 15) is 4.79 Å². The highest BCUT2D eigenvalue weighted by Gasteiger charge is 2.37. The second-order valence-electron chi connectivity index (χ2n) is 6.03. The number of carbonyl (C=O) groups excluding carboxylic acids is 1. The van der Waals surface area contributed by atoms with Gasteiger partial charge in [0.25, 0.3) is 0 Å². The van der Waals surface area contributed by atoms with E-state index < -0.39 is 5.04 Å². The van der Waals surface area contributed by atoms with Crippen LogP contribution < -0.4 is 15.2 Å². The van der Waals surface area contributed by atoms with E-state index in [1.54, 1.807) is 7.11 Å². The van der Waals surface area contributed by atoms with Gasteiger partial charge in [-0.15, -0.1) is 0 Å². The monoisotopic (exact) mass is 325 g/mol. The lowest BCUT2D eigenvalue weighted by atomic mass is 9.95. The lowest BCUT2D eigenvalue weighted by Crippen LogP contribution is -2.41. The summed E-state index contributed by atoms with van der Waals surface area (Å²) in [5.41, 5.74) is 0.792. The van der Waals surface area contributed by atoms with Crippen molar-refractivity contribution in [3.8, 4) is 5.75 Å². The standard InChI is InChI=1S/C19H23NO2Si/c1-14(2)19(3,23-17-8-6-5-7-9-17)18(21)20-15-10-12-16(22-4)13-11-15/h5-14H,1-4H3,(H,20,21). The van der Waals surface area contributed by atoms with E-state index in [4.69, 9.17) is 4.74 Å². The zero-order valence-corrected chi connectivity index (χ0v) is 15.1. The molecule has 0 fully saturated rings. The van der Waals surface area contributed by atoms with Crippen molar-refractivity contribution in [2.24, 2.45) is 5.92 Å². The molecule has 0 aliphatic heterocycles. The summed E-state index contributed by atoms with van der Waals surface area (Å²) < 4.78 is 5.15. The molecule has 0 aromatic heterocycles. The Morgan fingerprint density at radius 2 is 1.70 bits per heavy atom. The van der Waals surface area contributed by atoms with Crippen LogP contribution in [0.2, 0.25) is 5.04 Å². The molecule has 4 heteroatoms. The van der Waals surface area contributed by atoms with Gasteiger partial charge < -0.3 is 10.1 Å². The first-order valence-electron chi connectivity index (χ1n) is 7.74. The fraction of sp³-hybridized carbons (Fsp3) is 0.316. The van der Waals surface area contributed by atoms with Crippen LogP contribution >= 0.6 is 0 Å². The number of amides is 1. The van der Waals surface area contributed by atoms with E-state index in [0.717, 1.165) is 11.4 Å². The van der Waals surface area contributed by atoms with Gasteiger partial charge in [-0.1, -0.05) is 56.3 Å². The van der Waals surface area contributed by atoms with Crippen LogP contribution in [-0.4, -0.2) is 22.5 Å². The molecule has 2 radical (unpaired) electrons. The number of rotatable bonds is 6. The lowest BCUT2D eigenvalue weighted by molar-refractivity contribution is -0.119. The quantitative estimate of drug-likeness (QED) is 0.826. The molecule has 0 aliphatic rings. The van der Waals surface area contributed by atoms with Crippen molar-refractivity contribution in [2.75, 3.05) is 12.4 Å². The number of carbonyl (C=O) groups is 1. The topological polar surface area (TPSA) is 38.3 Å². The molecule has 120 valence electrons. The maximum absolute atomic E-state index is 12.9. The normalized spacial score (nSPS) is 13.4. The molecule has 3 nitrogen and oxygen atoms in total. The highest BCUT2D eigenvalue weighted by Crippen LogP contribution is 2.35. The molecule has 2 aromatic rings. The number of methoxy groups -OCH3 is 1. The maximum atomic E-state index is 12.9. The summed E-state index contributed by atoms with van der Waals surface area (Å²) in [5.74, 6) is 1.07. The Morgan fingerprint density at radius 3 is 2.22 bits per heavy atom. The minimum Gasteiger partial charge on any atom is -0.497 e. The molecule has 1 atom stereocenters. The summed E-state index contributed by atoms with van der Waals surface area (Å²) in [6, 6.07) is 17.6. The van der Waals surface area contributed by atoms with Crippen molar-refractivity contribution < 1.29 is 9.53 Å². The zero-order valence-electron chi connectivity index (χ0n) is 14.1. The second-order valence-corrected chi connectivity index (χ2v) is 7.90. The first kappa shape index (κ1) is 17.3. The molecule has 1 amide bonds. The van der Waals surface area contributed by atoms with Crippen molar-refractivity contribution in [1.82, 2.24) is 0 Å². The molecule has 2 rings (SSSR count). The van der Waals surface area contributed by atoms with Crippen LogP contribution in [0.1, 0.15) is 20.8 Å². The predicted molar refractivity (Wildman–Crippen MR) is 96.7 cm³/mol. The van der Waals surface area contributed by atoms with Gasteiger partial charge in [0.05, 0.1) is 16.6 Å². The Balaban J connectivity index is 2.16. The van der Waals surface area contributed by atoms with E-state index in [1.165, 1.54) is 5.19 Å². The second kappa shape index (κ2) is 7.46. The van der Waals surface area contributed by atoms with E-state index in [2.05, 4.69) is 31.3 Å². The van der Waals surface area contributed by atoms with Gasteiger partial charge in [0.2, 0.25) is 5.91 Å². The van der Waals surface area contributed by atoms with Gasteiger partial charge in [0.1, 0.15) is 5.75 Å². The number of hydrogen-bond donors (Lipinski definition) is 1. The predicted octanol–water partition coefficient (Wildman–Crippen LogP) is 3.50. The first-order chi connectivity index (χ1) is 11.0. The fourth-order valence-electron chi connectivity index (χ4n) is 2.22. The lowest BCUT2D eigenvalue weighted by Gasteiger charge is -2.32. The summed E-state index contributed by atoms with van der Waals surface area (Å²) in [6.45, 7) is 6.25. The third-order valence-corrected chi connectivity index (χ3v) is 6.10. The Hall–Kier alpha value is -2.07. The number of nitrogens with one attached hydrogen (secondary N) is 1. The van der Waals surface area contributed by atoms with Gasteiger partial charge in [-0.2, -0.15) is 0 Å². The third kappa shape index (κ3) is 4.23. The van der Waals surface area contributed by atoms with Gasteiger partial charge in [-0.3, -0.25) is 4.79 Å². The number of benzene rings is 2. The largest absolute Gasteiger partial charge is 0.497 e. The smallest absolute Gasteiger partial charge is 0.227 e. The highest BCUT2D eigenvalue weighted by atomic mass is 28.2. The number of ether oxygens (including phenoxy) is 1. The summed E-state index contributed by atoms with van der Waals surface area (Å²) in [5, 5.41) is 3.81. The van der Waals surface area contributed by atoms with Crippen LogP contribution in [0, 0.1) is 5.92 Å². The average Bonchev–Trinajstić information content (AvgIpc) is 2.56. The summed E-state index contributed by atoms with van der Waals surface area (Å²) >= 11 is 0. The molecule has 1 N–H and O–H groups in total.